The molecule has 0 fully saturated rings. The van der Waals surface area contributed by atoms with Gasteiger partial charge in [0.15, 0.2) is 11.7 Å². The minimum Gasteiger partial charge on any atom is -0.483 e. The second kappa shape index (κ2) is 13.8. The minimum absolute atomic E-state index is 0.0779. The number of nitrogens with one attached hydrogen (secondary N) is 3. The van der Waals surface area contributed by atoms with Gasteiger partial charge in [-0.25, -0.2) is 0 Å². The number of hydrogen-bond donors (Lipinski definition) is 3. The summed E-state index contributed by atoms with van der Waals surface area (Å²) in [7, 11) is 0. The van der Waals surface area contributed by atoms with E-state index in [9.17, 15) is 14.4 Å². The van der Waals surface area contributed by atoms with Gasteiger partial charge in [-0.15, -0.1) is 0 Å². The molecule has 2 amide bonds. The van der Waals surface area contributed by atoms with Crippen molar-refractivity contribution in [3.63, 3.8) is 0 Å². The van der Waals surface area contributed by atoms with E-state index in [0.29, 0.717) is 16.6 Å². The summed E-state index contributed by atoms with van der Waals surface area (Å²) < 4.78 is 12.1. The van der Waals surface area contributed by atoms with E-state index in [4.69, 9.17) is 21.7 Å². The van der Waals surface area contributed by atoms with Crippen molar-refractivity contribution in [2.45, 2.75) is 19.3 Å². The Balaban J connectivity index is 1.57. The van der Waals surface area contributed by atoms with E-state index in [2.05, 4.69) is 48.0 Å². The molecule has 170 valence electrons. The number of halogens is 2. The molecular formula is C21H21Br2N3O5S. The lowest BCUT2D eigenvalue weighted by Gasteiger charge is -2.12. The fourth-order valence-corrected chi connectivity index (χ4v) is 3.66. The quantitative estimate of drug-likeness (QED) is 0.235. The van der Waals surface area contributed by atoms with Crippen LogP contribution in [0.3, 0.4) is 0 Å². The Bertz CT molecular complexity index is 960. The number of amides is 2. The van der Waals surface area contributed by atoms with Gasteiger partial charge in [0, 0.05) is 17.3 Å². The van der Waals surface area contributed by atoms with E-state index >= 15 is 0 Å². The van der Waals surface area contributed by atoms with Crippen LogP contribution in [0.4, 0.5) is 0 Å². The van der Waals surface area contributed by atoms with Crippen LogP contribution in [0.2, 0.25) is 0 Å². The number of hydrazine groups is 1. The maximum Gasteiger partial charge on any atom is 0.306 e. The molecule has 32 heavy (non-hydrogen) atoms. The lowest BCUT2D eigenvalue weighted by atomic mass is 10.2. The molecule has 0 heterocycles. The molecule has 2 aromatic rings. The van der Waals surface area contributed by atoms with Crippen LogP contribution >= 0.6 is 44.1 Å². The lowest BCUT2D eigenvalue weighted by Crippen LogP contribution is -2.49. The molecule has 3 N–H and O–H groups in total. The zero-order valence-electron chi connectivity index (χ0n) is 16.9. The van der Waals surface area contributed by atoms with Crippen LogP contribution in [0.1, 0.15) is 18.4 Å². The predicted molar refractivity (Wildman–Crippen MR) is 130 cm³/mol. The van der Waals surface area contributed by atoms with Gasteiger partial charge < -0.3 is 14.8 Å². The van der Waals surface area contributed by atoms with Gasteiger partial charge in [0.05, 0.1) is 17.5 Å². The van der Waals surface area contributed by atoms with Gasteiger partial charge in [-0.05, 0) is 51.9 Å². The first-order valence-electron chi connectivity index (χ1n) is 9.49. The van der Waals surface area contributed by atoms with Gasteiger partial charge in [0.25, 0.3) is 5.91 Å². The predicted octanol–water partition coefficient (Wildman–Crippen LogP) is 3.18. The number of thiocarbonyl (C=S) groups is 1. The van der Waals surface area contributed by atoms with Crippen LogP contribution in [0.25, 0.3) is 0 Å². The molecule has 0 radical (unpaired) electrons. The first kappa shape index (κ1) is 25.8. The summed E-state index contributed by atoms with van der Waals surface area (Å²) in [6, 6.07) is 14.9. The third-order valence-corrected chi connectivity index (χ3v) is 5.19. The zero-order chi connectivity index (χ0) is 23.3. The minimum atomic E-state index is -0.501. The number of benzene rings is 2. The van der Waals surface area contributed by atoms with E-state index in [-0.39, 0.29) is 31.2 Å². The highest BCUT2D eigenvalue weighted by Gasteiger charge is 2.11. The number of esters is 1. The summed E-state index contributed by atoms with van der Waals surface area (Å²) in [4.78, 5) is 35.5. The van der Waals surface area contributed by atoms with E-state index < -0.39 is 17.8 Å². The molecule has 0 atom stereocenters. The van der Waals surface area contributed by atoms with Gasteiger partial charge in [-0.2, -0.15) is 0 Å². The Kier molecular flexibility index (Phi) is 11.1. The molecule has 0 bridgehead atoms. The molecule has 8 nitrogen and oxygen atoms in total. The third-order valence-electron chi connectivity index (χ3n) is 3.87. The van der Waals surface area contributed by atoms with E-state index in [0.717, 1.165) is 10.0 Å². The molecule has 2 aromatic carbocycles. The molecule has 0 aliphatic rings. The summed E-state index contributed by atoms with van der Waals surface area (Å²) in [5, 5.41) is 2.26. The average molecular weight is 587 g/mol. The van der Waals surface area contributed by atoms with Crippen molar-refractivity contribution in [1.82, 2.24) is 16.2 Å². The Labute approximate surface area is 207 Å². The number of rotatable bonds is 9. The molecule has 11 heteroatoms. The first-order chi connectivity index (χ1) is 15.3. The number of carbonyl (C=O) groups excluding carboxylic acids is 3. The van der Waals surface area contributed by atoms with Crippen molar-refractivity contribution < 1.29 is 23.9 Å². The van der Waals surface area contributed by atoms with Crippen molar-refractivity contribution in [3.8, 4) is 5.75 Å². The summed E-state index contributed by atoms with van der Waals surface area (Å²) in [5.41, 5.74) is 5.77. The van der Waals surface area contributed by atoms with Crippen molar-refractivity contribution in [3.05, 3.63) is 63.0 Å². The number of ether oxygens (including phenoxy) is 2. The topological polar surface area (TPSA) is 106 Å². The molecule has 0 spiro atoms. The molecule has 0 saturated carbocycles. The summed E-state index contributed by atoms with van der Waals surface area (Å²) in [6.07, 6.45) is 0.432. The second-order valence-electron chi connectivity index (χ2n) is 6.37. The van der Waals surface area contributed by atoms with Crippen molar-refractivity contribution in [1.29, 1.82) is 0 Å². The van der Waals surface area contributed by atoms with Gasteiger partial charge in [0.2, 0.25) is 5.91 Å². The largest absolute Gasteiger partial charge is 0.483 e. The van der Waals surface area contributed by atoms with E-state index in [1.54, 1.807) is 18.2 Å². The van der Waals surface area contributed by atoms with Crippen molar-refractivity contribution in [2.75, 3.05) is 13.2 Å². The first-order valence-corrected chi connectivity index (χ1v) is 11.5. The highest BCUT2D eigenvalue weighted by atomic mass is 79.9. The van der Waals surface area contributed by atoms with Crippen LogP contribution in [-0.4, -0.2) is 36.1 Å². The summed E-state index contributed by atoms with van der Waals surface area (Å²) >= 11 is 11.6. The Hall–Kier alpha value is -2.50. The monoisotopic (exact) mass is 585 g/mol. The Morgan fingerprint density at radius 3 is 2.41 bits per heavy atom. The van der Waals surface area contributed by atoms with Crippen LogP contribution in [0, 0.1) is 0 Å². The molecule has 0 aliphatic heterocycles. The van der Waals surface area contributed by atoms with Gasteiger partial charge >= 0.3 is 5.97 Å². The zero-order valence-corrected chi connectivity index (χ0v) is 20.8. The fourth-order valence-electron chi connectivity index (χ4n) is 2.33. The SMILES string of the molecule is O=C(COc1ccc(Br)cc1Br)NNC(=S)NC(=O)CCC(=O)OCCc1ccccc1. The second-order valence-corrected chi connectivity index (χ2v) is 8.55. The van der Waals surface area contributed by atoms with Crippen LogP contribution in [0.5, 0.6) is 5.75 Å². The molecule has 0 aromatic heterocycles. The average Bonchev–Trinajstić information content (AvgIpc) is 2.76. The van der Waals surface area contributed by atoms with Gasteiger partial charge in [-0.1, -0.05) is 46.3 Å². The van der Waals surface area contributed by atoms with Crippen LogP contribution in [-0.2, 0) is 25.5 Å². The lowest BCUT2D eigenvalue weighted by molar-refractivity contribution is -0.144. The summed E-state index contributed by atoms with van der Waals surface area (Å²) in [6.45, 7) is -0.0199. The van der Waals surface area contributed by atoms with Crippen LogP contribution < -0.4 is 20.9 Å². The van der Waals surface area contributed by atoms with Gasteiger partial charge in [0.1, 0.15) is 5.75 Å². The van der Waals surface area contributed by atoms with Gasteiger partial charge in [-0.3, -0.25) is 25.2 Å². The fraction of sp³-hybridized carbons (Fsp3) is 0.238. The molecule has 0 saturated heterocycles. The van der Waals surface area contributed by atoms with E-state index in [1.165, 1.54) is 0 Å². The number of carbonyl (C=O) groups is 3. The molecule has 0 unspecified atom stereocenters. The van der Waals surface area contributed by atoms with Crippen LogP contribution in [0.15, 0.2) is 57.5 Å². The summed E-state index contributed by atoms with van der Waals surface area (Å²) in [5.74, 6) is -0.959. The van der Waals surface area contributed by atoms with Crippen molar-refractivity contribution in [2.24, 2.45) is 0 Å². The van der Waals surface area contributed by atoms with Crippen molar-refractivity contribution >= 4 is 67.0 Å². The number of hydrogen-bond acceptors (Lipinski definition) is 6. The maximum absolute atomic E-state index is 11.9. The Morgan fingerprint density at radius 1 is 0.938 bits per heavy atom. The molecular weight excluding hydrogens is 566 g/mol. The third kappa shape index (κ3) is 10.2. The Morgan fingerprint density at radius 2 is 1.69 bits per heavy atom. The normalized spacial score (nSPS) is 10.1. The highest BCUT2D eigenvalue weighted by molar-refractivity contribution is 9.11. The highest BCUT2D eigenvalue weighted by Crippen LogP contribution is 2.28. The smallest absolute Gasteiger partial charge is 0.306 e. The molecule has 2 rings (SSSR count). The molecule has 0 aliphatic carbocycles. The standard InChI is InChI=1S/C21H21Br2N3O5S/c22-15-6-7-17(16(23)12-15)31-13-19(28)25-26-21(32)24-18(27)8-9-20(29)30-11-10-14-4-2-1-3-5-14/h1-7,12H,8-11,13H2,(H,25,28)(H2,24,26,27,32). The maximum atomic E-state index is 11.9. The van der Waals surface area contributed by atoms with E-state index in [1.807, 2.05) is 30.3 Å².